The van der Waals surface area contributed by atoms with Crippen molar-refractivity contribution in [2.45, 2.75) is 84.2 Å². The summed E-state index contributed by atoms with van der Waals surface area (Å²) in [7, 11) is 0.896. The Balaban J connectivity index is 4.16. The Kier molecular flexibility index (Phi) is 9.52. The van der Waals surface area contributed by atoms with Gasteiger partial charge in [-0.2, -0.15) is 0 Å². The van der Waals surface area contributed by atoms with Crippen LogP contribution in [0, 0.1) is 0 Å². The van der Waals surface area contributed by atoms with Gasteiger partial charge in [0.2, 0.25) is 0 Å². The van der Waals surface area contributed by atoms with Gasteiger partial charge in [-0.25, -0.2) is 0 Å². The van der Waals surface area contributed by atoms with Crippen molar-refractivity contribution < 1.29 is 4.43 Å². The molecule has 0 N–H and O–H groups in total. The third-order valence-corrected chi connectivity index (χ3v) is 4.26. The highest BCUT2D eigenvalue weighted by atomic mass is 28.2. The fourth-order valence-electron chi connectivity index (χ4n) is 2.18. The predicted molar refractivity (Wildman–Crippen MR) is 72.3 cm³/mol. The third-order valence-electron chi connectivity index (χ3n) is 3.39. The van der Waals surface area contributed by atoms with Crippen LogP contribution in [0.4, 0.5) is 0 Å². The monoisotopic (exact) mass is 230 g/mol. The van der Waals surface area contributed by atoms with E-state index in [9.17, 15) is 0 Å². The van der Waals surface area contributed by atoms with Crippen LogP contribution in [0.25, 0.3) is 0 Å². The minimum absolute atomic E-state index is 0.258. The average Bonchev–Trinajstić information content (AvgIpc) is 2.29. The Labute approximate surface area is 99.5 Å². The zero-order valence-corrected chi connectivity index (χ0v) is 13.3. The Morgan fingerprint density at radius 3 is 1.33 bits per heavy atom. The summed E-state index contributed by atoms with van der Waals surface area (Å²) in [6.45, 7) is 6.83. The molecule has 0 amide bonds. The Hall–Kier alpha value is 0.177. The number of hydrogen-bond acceptors (Lipinski definition) is 1. The minimum atomic E-state index is 0.258. The van der Waals surface area contributed by atoms with Crippen LogP contribution in [0.5, 0.6) is 0 Å². The molecule has 92 valence electrons. The lowest BCUT2D eigenvalue weighted by atomic mass is 9.86. The molecule has 0 bridgehead atoms. The standard InChI is InChI=1S/C13H30OSi/c1-4-7-10-13(14-15,11-8-5-2)12-9-6-3/h4-12H2,1-3,15H3. The first kappa shape index (κ1) is 15.2. The molecule has 0 unspecified atom stereocenters. The van der Waals surface area contributed by atoms with Crippen molar-refractivity contribution in [1.29, 1.82) is 0 Å². The third kappa shape index (κ3) is 6.36. The van der Waals surface area contributed by atoms with E-state index in [2.05, 4.69) is 20.8 Å². The van der Waals surface area contributed by atoms with Crippen LogP contribution in [0.15, 0.2) is 0 Å². The molecule has 0 atom stereocenters. The van der Waals surface area contributed by atoms with Gasteiger partial charge in [0.25, 0.3) is 0 Å². The van der Waals surface area contributed by atoms with E-state index in [1.807, 2.05) is 0 Å². The number of hydrogen-bond donors (Lipinski definition) is 0. The molecule has 0 aromatic rings. The quantitative estimate of drug-likeness (QED) is 0.521. The van der Waals surface area contributed by atoms with Crippen molar-refractivity contribution in [3.8, 4) is 0 Å². The molecule has 0 aromatic heterocycles. The van der Waals surface area contributed by atoms with E-state index in [4.69, 9.17) is 4.43 Å². The van der Waals surface area contributed by atoms with Crippen molar-refractivity contribution in [2.75, 3.05) is 0 Å². The maximum atomic E-state index is 5.98. The van der Waals surface area contributed by atoms with E-state index in [0.29, 0.717) is 0 Å². The molecule has 0 aliphatic rings. The molecule has 0 spiro atoms. The zero-order chi connectivity index (χ0) is 11.6. The normalized spacial score (nSPS) is 12.2. The van der Waals surface area contributed by atoms with Gasteiger partial charge in [0.05, 0.1) is 5.60 Å². The lowest BCUT2D eigenvalue weighted by Gasteiger charge is -2.33. The summed E-state index contributed by atoms with van der Waals surface area (Å²) < 4.78 is 5.98. The predicted octanol–water partition coefficient (Wildman–Crippen LogP) is 3.59. The summed E-state index contributed by atoms with van der Waals surface area (Å²) >= 11 is 0. The highest BCUT2D eigenvalue weighted by molar-refractivity contribution is 5.98. The Morgan fingerprint density at radius 1 is 0.800 bits per heavy atom. The van der Waals surface area contributed by atoms with Gasteiger partial charge >= 0.3 is 0 Å². The average molecular weight is 230 g/mol. The first-order valence-electron chi connectivity index (χ1n) is 6.79. The molecule has 0 saturated heterocycles. The van der Waals surface area contributed by atoms with E-state index < -0.39 is 0 Å². The second-order valence-corrected chi connectivity index (χ2v) is 5.11. The molecule has 0 saturated carbocycles. The summed E-state index contributed by atoms with van der Waals surface area (Å²) in [5.74, 6) is 0. The molecule has 15 heavy (non-hydrogen) atoms. The highest BCUT2D eigenvalue weighted by Crippen LogP contribution is 2.30. The smallest absolute Gasteiger partial charge is 0.146 e. The van der Waals surface area contributed by atoms with Gasteiger partial charge in [-0.3, -0.25) is 0 Å². The fraction of sp³-hybridized carbons (Fsp3) is 1.00. The van der Waals surface area contributed by atoms with Gasteiger partial charge in [-0.05, 0) is 19.3 Å². The molecule has 1 nitrogen and oxygen atoms in total. The molecule has 0 aliphatic carbocycles. The van der Waals surface area contributed by atoms with Crippen LogP contribution in [0.3, 0.4) is 0 Å². The van der Waals surface area contributed by atoms with Gasteiger partial charge in [0.15, 0.2) is 0 Å². The molecular formula is C13H30OSi. The minimum Gasteiger partial charge on any atom is -0.422 e. The largest absolute Gasteiger partial charge is 0.422 e. The van der Waals surface area contributed by atoms with E-state index in [1.54, 1.807) is 0 Å². The maximum absolute atomic E-state index is 5.98. The number of unbranched alkanes of at least 4 members (excludes halogenated alkanes) is 3. The second-order valence-electron chi connectivity index (χ2n) is 4.70. The Bertz CT molecular complexity index is 115. The van der Waals surface area contributed by atoms with E-state index in [-0.39, 0.29) is 5.60 Å². The molecule has 0 fully saturated rings. The van der Waals surface area contributed by atoms with Crippen LogP contribution in [-0.4, -0.2) is 16.1 Å². The van der Waals surface area contributed by atoms with Crippen LogP contribution in [0.1, 0.15) is 78.6 Å². The topological polar surface area (TPSA) is 9.23 Å². The lowest BCUT2D eigenvalue weighted by molar-refractivity contribution is 0.0438. The number of rotatable bonds is 10. The van der Waals surface area contributed by atoms with Crippen molar-refractivity contribution in [2.24, 2.45) is 0 Å². The molecule has 0 heterocycles. The molecular weight excluding hydrogens is 200 g/mol. The van der Waals surface area contributed by atoms with Gasteiger partial charge in [-0.15, -0.1) is 0 Å². The van der Waals surface area contributed by atoms with Crippen molar-refractivity contribution in [3.05, 3.63) is 0 Å². The van der Waals surface area contributed by atoms with E-state index in [0.717, 1.165) is 10.5 Å². The van der Waals surface area contributed by atoms with Crippen LogP contribution in [-0.2, 0) is 4.43 Å². The van der Waals surface area contributed by atoms with E-state index in [1.165, 1.54) is 57.8 Å². The first-order valence-corrected chi connectivity index (χ1v) is 7.61. The maximum Gasteiger partial charge on any atom is 0.146 e. The zero-order valence-electron chi connectivity index (χ0n) is 11.3. The van der Waals surface area contributed by atoms with Crippen molar-refractivity contribution in [1.82, 2.24) is 0 Å². The summed E-state index contributed by atoms with van der Waals surface area (Å²) in [4.78, 5) is 0. The van der Waals surface area contributed by atoms with Crippen LogP contribution >= 0.6 is 0 Å². The van der Waals surface area contributed by atoms with E-state index >= 15 is 0 Å². The van der Waals surface area contributed by atoms with Gasteiger partial charge < -0.3 is 4.43 Å². The first-order chi connectivity index (χ1) is 7.24. The molecule has 0 aliphatic heterocycles. The SMILES string of the molecule is CCCCC(CCCC)(CCCC)O[SiH3]. The fourth-order valence-corrected chi connectivity index (χ4v) is 2.79. The van der Waals surface area contributed by atoms with Crippen LogP contribution < -0.4 is 0 Å². The van der Waals surface area contributed by atoms with Gasteiger partial charge in [0, 0.05) is 0 Å². The van der Waals surface area contributed by atoms with Gasteiger partial charge in [0.1, 0.15) is 10.5 Å². The van der Waals surface area contributed by atoms with Gasteiger partial charge in [-0.1, -0.05) is 59.3 Å². The summed E-state index contributed by atoms with van der Waals surface area (Å²) in [5.41, 5.74) is 0.258. The summed E-state index contributed by atoms with van der Waals surface area (Å²) in [6, 6.07) is 0. The Morgan fingerprint density at radius 2 is 1.13 bits per heavy atom. The van der Waals surface area contributed by atoms with Crippen molar-refractivity contribution in [3.63, 3.8) is 0 Å². The lowest BCUT2D eigenvalue weighted by Crippen LogP contribution is -2.32. The summed E-state index contributed by atoms with van der Waals surface area (Å²) in [6.07, 6.45) is 11.7. The van der Waals surface area contributed by atoms with Crippen LogP contribution in [0.2, 0.25) is 0 Å². The molecule has 0 aromatic carbocycles. The molecule has 0 radical (unpaired) electrons. The molecule has 0 rings (SSSR count). The highest BCUT2D eigenvalue weighted by Gasteiger charge is 2.26. The second kappa shape index (κ2) is 9.41. The van der Waals surface area contributed by atoms with Crippen molar-refractivity contribution >= 4 is 10.5 Å². The molecule has 2 heteroatoms. The summed E-state index contributed by atoms with van der Waals surface area (Å²) in [5, 5.41) is 0.